The van der Waals surface area contributed by atoms with Gasteiger partial charge in [0.1, 0.15) is 5.75 Å². The van der Waals surface area contributed by atoms with E-state index in [9.17, 15) is 4.79 Å². The molecule has 0 spiro atoms. The van der Waals surface area contributed by atoms with Crippen molar-refractivity contribution >= 4 is 17.2 Å². The molecule has 2 rings (SSSR count). The van der Waals surface area contributed by atoms with Crippen LogP contribution in [-0.2, 0) is 11.2 Å². The third kappa shape index (κ3) is 4.60. The lowest BCUT2D eigenvalue weighted by atomic mass is 10.1. The van der Waals surface area contributed by atoms with Gasteiger partial charge in [-0.3, -0.25) is 4.79 Å². The van der Waals surface area contributed by atoms with Gasteiger partial charge in [-0.25, -0.2) is 0 Å². The first kappa shape index (κ1) is 15.6. The minimum Gasteiger partial charge on any atom is -0.483 e. The molecule has 0 unspecified atom stereocenters. The lowest BCUT2D eigenvalue weighted by Crippen LogP contribution is -2.30. The molecule has 1 aromatic heterocycles. The van der Waals surface area contributed by atoms with E-state index >= 15 is 0 Å². The van der Waals surface area contributed by atoms with Gasteiger partial charge in [0, 0.05) is 11.4 Å². The number of amides is 1. The monoisotopic (exact) mass is 303 g/mol. The minimum absolute atomic E-state index is 0.0647. The Labute approximate surface area is 130 Å². The molecule has 0 aliphatic heterocycles. The third-order valence-corrected chi connectivity index (χ3v) is 4.16. The lowest BCUT2D eigenvalue weighted by Gasteiger charge is -2.13. The second kappa shape index (κ2) is 7.27. The molecule has 4 heteroatoms. The van der Waals surface area contributed by atoms with E-state index in [0.29, 0.717) is 6.54 Å². The molecule has 0 saturated carbocycles. The molecule has 0 saturated heterocycles. The van der Waals surface area contributed by atoms with E-state index in [4.69, 9.17) is 4.74 Å². The normalized spacial score (nSPS) is 10.4. The largest absolute Gasteiger partial charge is 0.483 e. The van der Waals surface area contributed by atoms with Crippen LogP contribution in [0.25, 0.3) is 0 Å². The quantitative estimate of drug-likeness (QED) is 0.888. The highest BCUT2D eigenvalue weighted by molar-refractivity contribution is 7.09. The maximum absolute atomic E-state index is 11.8. The fourth-order valence-electron chi connectivity index (χ4n) is 2.36. The average molecular weight is 303 g/mol. The van der Waals surface area contributed by atoms with Crippen molar-refractivity contribution in [2.75, 3.05) is 13.2 Å². The van der Waals surface area contributed by atoms with Crippen molar-refractivity contribution in [2.45, 2.75) is 27.2 Å². The van der Waals surface area contributed by atoms with Gasteiger partial charge in [0.15, 0.2) is 6.61 Å². The highest BCUT2D eigenvalue weighted by atomic mass is 32.1. The SMILES string of the molecule is Cc1cc(C)c(OCC(=O)NCCc2cccs2)c(C)c1. The Bertz CT molecular complexity index is 582. The number of rotatable bonds is 6. The summed E-state index contributed by atoms with van der Waals surface area (Å²) in [5, 5.41) is 4.93. The number of ether oxygens (including phenoxy) is 1. The van der Waals surface area contributed by atoms with Crippen LogP contribution in [0, 0.1) is 20.8 Å². The predicted molar refractivity (Wildman–Crippen MR) is 87.2 cm³/mol. The standard InChI is InChI=1S/C17H21NO2S/c1-12-9-13(2)17(14(3)10-12)20-11-16(19)18-7-6-15-5-4-8-21-15/h4-5,8-10H,6-7,11H2,1-3H3,(H,18,19). The molecule has 21 heavy (non-hydrogen) atoms. The third-order valence-electron chi connectivity index (χ3n) is 3.23. The van der Waals surface area contributed by atoms with Gasteiger partial charge in [0.05, 0.1) is 0 Å². The zero-order valence-corrected chi connectivity index (χ0v) is 13.5. The first-order valence-corrected chi connectivity index (χ1v) is 7.94. The molecule has 0 atom stereocenters. The summed E-state index contributed by atoms with van der Waals surface area (Å²) in [7, 11) is 0. The van der Waals surface area contributed by atoms with Gasteiger partial charge in [0.25, 0.3) is 5.91 Å². The molecule has 0 radical (unpaired) electrons. The summed E-state index contributed by atoms with van der Waals surface area (Å²) >= 11 is 1.71. The van der Waals surface area contributed by atoms with E-state index in [1.165, 1.54) is 10.4 Å². The second-order valence-electron chi connectivity index (χ2n) is 5.20. The fraction of sp³-hybridized carbons (Fsp3) is 0.353. The summed E-state index contributed by atoms with van der Waals surface area (Å²) in [6.45, 7) is 6.78. The first-order valence-electron chi connectivity index (χ1n) is 7.06. The zero-order chi connectivity index (χ0) is 15.2. The zero-order valence-electron chi connectivity index (χ0n) is 12.7. The van der Waals surface area contributed by atoms with Crippen molar-refractivity contribution in [2.24, 2.45) is 0 Å². The molecule has 2 aromatic rings. The van der Waals surface area contributed by atoms with Crippen molar-refractivity contribution in [1.82, 2.24) is 5.32 Å². The predicted octanol–water partition coefficient (Wildman–Crippen LogP) is 3.41. The number of thiophene rings is 1. The Morgan fingerprint density at radius 1 is 1.24 bits per heavy atom. The van der Waals surface area contributed by atoms with Crippen LogP contribution in [0.5, 0.6) is 5.75 Å². The molecule has 1 heterocycles. The maximum Gasteiger partial charge on any atom is 0.257 e. The molecule has 1 amide bonds. The van der Waals surface area contributed by atoms with Gasteiger partial charge in [0.2, 0.25) is 0 Å². The molecular weight excluding hydrogens is 282 g/mol. The van der Waals surface area contributed by atoms with Crippen LogP contribution in [0.15, 0.2) is 29.6 Å². The van der Waals surface area contributed by atoms with Gasteiger partial charge < -0.3 is 10.1 Å². The van der Waals surface area contributed by atoms with Crippen molar-refractivity contribution in [3.63, 3.8) is 0 Å². The van der Waals surface area contributed by atoms with Gasteiger partial charge in [-0.2, -0.15) is 0 Å². The van der Waals surface area contributed by atoms with Crippen LogP contribution >= 0.6 is 11.3 Å². The number of hydrogen-bond acceptors (Lipinski definition) is 3. The van der Waals surface area contributed by atoms with E-state index in [1.54, 1.807) is 11.3 Å². The molecule has 0 bridgehead atoms. The van der Waals surface area contributed by atoms with Gasteiger partial charge >= 0.3 is 0 Å². The number of hydrogen-bond donors (Lipinski definition) is 1. The summed E-state index contributed by atoms with van der Waals surface area (Å²) in [6, 6.07) is 8.23. The van der Waals surface area contributed by atoms with Crippen molar-refractivity contribution in [1.29, 1.82) is 0 Å². The summed E-state index contributed by atoms with van der Waals surface area (Å²) < 4.78 is 5.66. The summed E-state index contributed by atoms with van der Waals surface area (Å²) in [6.07, 6.45) is 0.867. The smallest absolute Gasteiger partial charge is 0.257 e. The average Bonchev–Trinajstić information content (AvgIpc) is 2.90. The van der Waals surface area contributed by atoms with Crippen LogP contribution < -0.4 is 10.1 Å². The van der Waals surface area contributed by atoms with Crippen LogP contribution in [0.1, 0.15) is 21.6 Å². The van der Waals surface area contributed by atoms with Crippen molar-refractivity contribution < 1.29 is 9.53 Å². The van der Waals surface area contributed by atoms with Crippen LogP contribution in [0.4, 0.5) is 0 Å². The molecule has 0 fully saturated rings. The molecule has 3 nitrogen and oxygen atoms in total. The van der Waals surface area contributed by atoms with E-state index in [1.807, 2.05) is 25.3 Å². The Balaban J connectivity index is 1.79. The Hall–Kier alpha value is -1.81. The molecule has 0 aliphatic carbocycles. The van der Waals surface area contributed by atoms with Gasteiger partial charge in [-0.05, 0) is 49.8 Å². The summed E-state index contributed by atoms with van der Waals surface area (Å²) in [5.41, 5.74) is 3.34. The fourth-order valence-corrected chi connectivity index (χ4v) is 3.07. The van der Waals surface area contributed by atoms with E-state index in [0.717, 1.165) is 23.3 Å². The van der Waals surface area contributed by atoms with E-state index in [-0.39, 0.29) is 12.5 Å². The number of carbonyl (C=O) groups is 1. The van der Waals surface area contributed by atoms with Gasteiger partial charge in [-0.1, -0.05) is 23.8 Å². The Kier molecular flexibility index (Phi) is 5.39. The first-order chi connectivity index (χ1) is 10.1. The van der Waals surface area contributed by atoms with Crippen molar-refractivity contribution in [3.8, 4) is 5.75 Å². The summed E-state index contributed by atoms with van der Waals surface area (Å²) in [5.74, 6) is 0.736. The van der Waals surface area contributed by atoms with Crippen LogP contribution in [-0.4, -0.2) is 19.1 Å². The number of carbonyl (C=O) groups excluding carboxylic acids is 1. The highest BCUT2D eigenvalue weighted by Gasteiger charge is 2.08. The van der Waals surface area contributed by atoms with Gasteiger partial charge in [-0.15, -0.1) is 11.3 Å². The van der Waals surface area contributed by atoms with Crippen LogP contribution in [0.2, 0.25) is 0 Å². The Morgan fingerprint density at radius 3 is 2.57 bits per heavy atom. The Morgan fingerprint density at radius 2 is 1.95 bits per heavy atom. The molecule has 1 N–H and O–H groups in total. The number of nitrogens with one attached hydrogen (secondary N) is 1. The summed E-state index contributed by atoms with van der Waals surface area (Å²) in [4.78, 5) is 13.1. The second-order valence-corrected chi connectivity index (χ2v) is 6.23. The molecule has 1 aromatic carbocycles. The highest BCUT2D eigenvalue weighted by Crippen LogP contribution is 2.24. The topological polar surface area (TPSA) is 38.3 Å². The van der Waals surface area contributed by atoms with Crippen molar-refractivity contribution in [3.05, 3.63) is 51.2 Å². The molecule has 112 valence electrons. The minimum atomic E-state index is -0.0778. The maximum atomic E-state index is 11.8. The van der Waals surface area contributed by atoms with E-state index < -0.39 is 0 Å². The lowest BCUT2D eigenvalue weighted by molar-refractivity contribution is -0.123. The molecule has 0 aliphatic rings. The number of aryl methyl sites for hydroxylation is 3. The molecular formula is C17H21NO2S. The van der Waals surface area contributed by atoms with E-state index in [2.05, 4.69) is 30.4 Å². The number of benzene rings is 1. The van der Waals surface area contributed by atoms with Crippen LogP contribution in [0.3, 0.4) is 0 Å².